The Morgan fingerprint density at radius 1 is 1.15 bits per heavy atom. The van der Waals surface area contributed by atoms with Crippen molar-refractivity contribution < 1.29 is 14.4 Å². The molecule has 4 amide bonds. The molecule has 0 aliphatic carbocycles. The smallest absolute Gasteiger partial charge is 0.325 e. The Morgan fingerprint density at radius 3 is 2.35 bits per heavy atom. The van der Waals surface area contributed by atoms with Crippen molar-refractivity contribution in [2.45, 2.75) is 64.1 Å². The lowest BCUT2D eigenvalue weighted by atomic mass is 9.87. The molecule has 0 aromatic heterocycles. The van der Waals surface area contributed by atoms with Crippen LogP contribution in [0, 0.1) is 0 Å². The van der Waals surface area contributed by atoms with E-state index in [1.807, 2.05) is 56.0 Å². The standard InChI is InChI=1S/C20H27N3O3/c1-4-20(16-11-6-5-7-12-16)18(25)22(19(26)21-20)13-17(24)23-14(2)9-8-10-15(23)3/h5-7,11-12,14-15H,4,8-10,13H2,1-3H3,(H,21,26). The first-order valence-corrected chi connectivity index (χ1v) is 9.41. The third-order valence-corrected chi connectivity index (χ3v) is 5.75. The Kier molecular flexibility index (Phi) is 5.03. The molecule has 2 aliphatic heterocycles. The molecule has 2 fully saturated rings. The molecule has 1 aromatic carbocycles. The van der Waals surface area contributed by atoms with Crippen molar-refractivity contribution in [2.75, 3.05) is 6.54 Å². The Labute approximate surface area is 154 Å². The highest BCUT2D eigenvalue weighted by Crippen LogP contribution is 2.32. The van der Waals surface area contributed by atoms with Gasteiger partial charge >= 0.3 is 6.03 Å². The van der Waals surface area contributed by atoms with E-state index in [1.54, 1.807) is 0 Å². The Balaban J connectivity index is 1.82. The second-order valence-corrected chi connectivity index (χ2v) is 7.38. The van der Waals surface area contributed by atoms with E-state index < -0.39 is 11.6 Å². The van der Waals surface area contributed by atoms with Crippen molar-refractivity contribution in [3.63, 3.8) is 0 Å². The molecule has 2 saturated heterocycles. The molecule has 3 atom stereocenters. The molecule has 2 aliphatic rings. The van der Waals surface area contributed by atoms with Crippen LogP contribution in [-0.2, 0) is 15.1 Å². The molecule has 26 heavy (non-hydrogen) atoms. The van der Waals surface area contributed by atoms with Crippen molar-refractivity contribution in [3.05, 3.63) is 35.9 Å². The van der Waals surface area contributed by atoms with E-state index in [-0.39, 0.29) is 30.4 Å². The van der Waals surface area contributed by atoms with Gasteiger partial charge in [0.1, 0.15) is 12.1 Å². The lowest BCUT2D eigenvalue weighted by Gasteiger charge is -2.39. The fraction of sp³-hybridized carbons (Fsp3) is 0.550. The fourth-order valence-electron chi connectivity index (χ4n) is 4.26. The zero-order chi connectivity index (χ0) is 18.9. The number of carbonyl (C=O) groups excluding carboxylic acids is 3. The van der Waals surface area contributed by atoms with Gasteiger partial charge in [-0.2, -0.15) is 0 Å². The number of carbonyl (C=O) groups is 3. The summed E-state index contributed by atoms with van der Waals surface area (Å²) in [4.78, 5) is 41.4. The van der Waals surface area contributed by atoms with Crippen molar-refractivity contribution in [2.24, 2.45) is 0 Å². The van der Waals surface area contributed by atoms with Crippen LogP contribution in [0.25, 0.3) is 0 Å². The monoisotopic (exact) mass is 357 g/mol. The maximum absolute atomic E-state index is 13.1. The van der Waals surface area contributed by atoms with Gasteiger partial charge in [-0.25, -0.2) is 4.79 Å². The lowest BCUT2D eigenvalue weighted by Crippen LogP contribution is -2.52. The summed E-state index contributed by atoms with van der Waals surface area (Å²) in [5.41, 5.74) is -0.340. The van der Waals surface area contributed by atoms with Crippen LogP contribution in [0.4, 0.5) is 4.79 Å². The number of hydrogen-bond acceptors (Lipinski definition) is 3. The molecule has 6 nitrogen and oxygen atoms in total. The number of benzene rings is 1. The van der Waals surface area contributed by atoms with E-state index in [0.29, 0.717) is 6.42 Å². The van der Waals surface area contributed by atoms with Crippen LogP contribution in [0.1, 0.15) is 52.0 Å². The number of imide groups is 1. The molecule has 2 heterocycles. The minimum absolute atomic E-state index is 0.136. The maximum Gasteiger partial charge on any atom is 0.325 e. The van der Waals surface area contributed by atoms with E-state index in [1.165, 1.54) is 0 Å². The number of rotatable bonds is 4. The molecule has 0 radical (unpaired) electrons. The van der Waals surface area contributed by atoms with Gasteiger partial charge in [-0.3, -0.25) is 14.5 Å². The summed E-state index contributed by atoms with van der Waals surface area (Å²) in [5, 5.41) is 2.83. The number of nitrogens with one attached hydrogen (secondary N) is 1. The van der Waals surface area contributed by atoms with E-state index in [4.69, 9.17) is 0 Å². The van der Waals surface area contributed by atoms with Gasteiger partial charge < -0.3 is 10.2 Å². The van der Waals surface area contributed by atoms with E-state index in [0.717, 1.165) is 29.7 Å². The molecule has 1 aromatic rings. The van der Waals surface area contributed by atoms with Gasteiger partial charge in [-0.05, 0) is 45.1 Å². The summed E-state index contributed by atoms with van der Waals surface area (Å²) in [6.07, 6.45) is 3.45. The SMILES string of the molecule is CCC1(c2ccccc2)NC(=O)N(CC(=O)N2C(C)CCCC2C)C1=O. The van der Waals surface area contributed by atoms with Crippen molar-refractivity contribution in [1.82, 2.24) is 15.1 Å². The maximum atomic E-state index is 13.1. The van der Waals surface area contributed by atoms with E-state index >= 15 is 0 Å². The second kappa shape index (κ2) is 7.09. The predicted octanol–water partition coefficient (Wildman–Crippen LogP) is 2.63. The molecule has 0 saturated carbocycles. The number of piperidine rings is 1. The van der Waals surface area contributed by atoms with Gasteiger partial charge in [0.25, 0.3) is 5.91 Å². The zero-order valence-electron chi connectivity index (χ0n) is 15.7. The van der Waals surface area contributed by atoms with Crippen LogP contribution >= 0.6 is 0 Å². The highest BCUT2D eigenvalue weighted by Gasteiger charge is 2.52. The van der Waals surface area contributed by atoms with Gasteiger partial charge in [0.05, 0.1) is 0 Å². The van der Waals surface area contributed by atoms with Gasteiger partial charge in [0.15, 0.2) is 0 Å². The first-order valence-electron chi connectivity index (χ1n) is 9.41. The number of nitrogens with zero attached hydrogens (tertiary/aromatic N) is 2. The summed E-state index contributed by atoms with van der Waals surface area (Å²) in [6.45, 7) is 5.72. The van der Waals surface area contributed by atoms with Crippen LogP contribution in [-0.4, -0.2) is 46.3 Å². The second-order valence-electron chi connectivity index (χ2n) is 7.38. The Morgan fingerprint density at radius 2 is 1.77 bits per heavy atom. The summed E-state index contributed by atoms with van der Waals surface area (Å²) < 4.78 is 0. The lowest BCUT2D eigenvalue weighted by molar-refractivity contribution is -0.143. The molecule has 3 unspecified atom stereocenters. The molecular weight excluding hydrogens is 330 g/mol. The first-order chi connectivity index (χ1) is 12.4. The van der Waals surface area contributed by atoms with E-state index in [9.17, 15) is 14.4 Å². The number of hydrogen-bond donors (Lipinski definition) is 1. The fourth-order valence-corrected chi connectivity index (χ4v) is 4.26. The average molecular weight is 357 g/mol. The molecule has 0 bridgehead atoms. The molecule has 6 heteroatoms. The van der Waals surface area contributed by atoms with Crippen molar-refractivity contribution in [1.29, 1.82) is 0 Å². The summed E-state index contributed by atoms with van der Waals surface area (Å²) in [6, 6.07) is 9.01. The molecular formula is C20H27N3O3. The number of amides is 4. The minimum atomic E-state index is -1.09. The quantitative estimate of drug-likeness (QED) is 0.842. The molecule has 1 N–H and O–H groups in total. The van der Waals surface area contributed by atoms with Gasteiger partial charge in [-0.1, -0.05) is 37.3 Å². The molecule has 3 rings (SSSR count). The highest BCUT2D eigenvalue weighted by molar-refractivity contribution is 6.09. The molecule has 0 spiro atoms. The summed E-state index contributed by atoms with van der Waals surface area (Å²) >= 11 is 0. The summed E-state index contributed by atoms with van der Waals surface area (Å²) in [7, 11) is 0. The Bertz CT molecular complexity index is 696. The highest BCUT2D eigenvalue weighted by atomic mass is 16.2. The van der Waals surface area contributed by atoms with Crippen LogP contribution in [0.15, 0.2) is 30.3 Å². The largest absolute Gasteiger partial charge is 0.336 e. The third kappa shape index (κ3) is 2.97. The van der Waals surface area contributed by atoms with Crippen LogP contribution < -0.4 is 5.32 Å². The number of likely N-dealkylation sites (tertiary alicyclic amines) is 1. The average Bonchev–Trinajstić information content (AvgIpc) is 2.87. The van der Waals surface area contributed by atoms with Gasteiger partial charge in [0.2, 0.25) is 5.91 Å². The normalized spacial score (nSPS) is 29.0. The van der Waals surface area contributed by atoms with Crippen LogP contribution in [0.5, 0.6) is 0 Å². The van der Waals surface area contributed by atoms with E-state index in [2.05, 4.69) is 5.32 Å². The summed E-state index contributed by atoms with van der Waals surface area (Å²) in [5.74, 6) is -0.505. The van der Waals surface area contributed by atoms with Crippen LogP contribution in [0.3, 0.4) is 0 Å². The molecule has 140 valence electrons. The van der Waals surface area contributed by atoms with Crippen LogP contribution in [0.2, 0.25) is 0 Å². The predicted molar refractivity (Wildman–Crippen MR) is 98.3 cm³/mol. The topological polar surface area (TPSA) is 69.7 Å². The first kappa shape index (κ1) is 18.4. The van der Waals surface area contributed by atoms with Gasteiger partial charge in [0, 0.05) is 12.1 Å². The van der Waals surface area contributed by atoms with Crippen molar-refractivity contribution in [3.8, 4) is 0 Å². The van der Waals surface area contributed by atoms with Crippen molar-refractivity contribution >= 4 is 17.8 Å². The van der Waals surface area contributed by atoms with Gasteiger partial charge in [-0.15, -0.1) is 0 Å². The third-order valence-electron chi connectivity index (χ3n) is 5.75. The zero-order valence-corrected chi connectivity index (χ0v) is 15.7. The number of urea groups is 1. The Hall–Kier alpha value is -2.37. The minimum Gasteiger partial charge on any atom is -0.336 e.